The van der Waals surface area contributed by atoms with Crippen molar-refractivity contribution in [2.45, 2.75) is 0 Å². The van der Waals surface area contributed by atoms with Gasteiger partial charge in [-0.1, -0.05) is 11.3 Å². The molecule has 21 heavy (non-hydrogen) atoms. The van der Waals surface area contributed by atoms with E-state index in [0.29, 0.717) is 5.56 Å². The van der Waals surface area contributed by atoms with E-state index in [0.717, 1.165) is 15.6 Å². The summed E-state index contributed by atoms with van der Waals surface area (Å²) in [6.45, 7) is 0. The fraction of sp³-hybridized carbons (Fsp3) is 0.0667. The highest BCUT2D eigenvalue weighted by molar-refractivity contribution is 7.19. The van der Waals surface area contributed by atoms with Gasteiger partial charge in [0.2, 0.25) is 0 Å². The van der Waals surface area contributed by atoms with Crippen LogP contribution in [-0.4, -0.2) is 27.9 Å². The van der Waals surface area contributed by atoms with Crippen molar-refractivity contribution in [2.75, 3.05) is 11.9 Å². The number of amides is 1. The molecule has 3 rings (SSSR count). The molecule has 1 amide bonds. The van der Waals surface area contributed by atoms with Crippen LogP contribution in [0.15, 0.2) is 55.2 Å². The molecule has 5 nitrogen and oxygen atoms in total. The van der Waals surface area contributed by atoms with Crippen molar-refractivity contribution < 1.29 is 4.79 Å². The molecule has 3 aromatic heterocycles. The van der Waals surface area contributed by atoms with Crippen molar-refractivity contribution in [1.82, 2.24) is 15.0 Å². The monoisotopic (exact) mass is 296 g/mol. The van der Waals surface area contributed by atoms with Gasteiger partial charge in [0, 0.05) is 37.4 Å². The van der Waals surface area contributed by atoms with Crippen molar-refractivity contribution >= 4 is 22.2 Å². The molecule has 0 atom stereocenters. The van der Waals surface area contributed by atoms with Gasteiger partial charge in [0.1, 0.15) is 10.0 Å². The topological polar surface area (TPSA) is 59.0 Å². The van der Waals surface area contributed by atoms with Gasteiger partial charge in [-0.05, 0) is 24.3 Å². The van der Waals surface area contributed by atoms with Crippen LogP contribution in [0.4, 0.5) is 5.00 Å². The summed E-state index contributed by atoms with van der Waals surface area (Å²) in [5, 5.41) is 1.62. The number of rotatable bonds is 3. The van der Waals surface area contributed by atoms with Gasteiger partial charge in [-0.2, -0.15) is 0 Å². The number of carbonyl (C=O) groups excluding carboxylic acids is 1. The third-order valence-electron chi connectivity index (χ3n) is 2.95. The van der Waals surface area contributed by atoms with Crippen molar-refractivity contribution in [1.29, 1.82) is 0 Å². The van der Waals surface area contributed by atoms with Crippen LogP contribution in [0.1, 0.15) is 10.4 Å². The Bertz CT molecular complexity index is 743. The number of carbonyl (C=O) groups is 1. The lowest BCUT2D eigenvalue weighted by Crippen LogP contribution is -2.25. The fourth-order valence-corrected chi connectivity index (χ4v) is 2.69. The molecule has 0 unspecified atom stereocenters. The van der Waals surface area contributed by atoms with E-state index in [1.54, 1.807) is 55.1 Å². The number of hydrogen-bond donors (Lipinski definition) is 0. The van der Waals surface area contributed by atoms with E-state index >= 15 is 0 Å². The quantitative estimate of drug-likeness (QED) is 0.745. The van der Waals surface area contributed by atoms with Crippen LogP contribution in [0.25, 0.3) is 10.6 Å². The Hall–Kier alpha value is -2.60. The molecular weight excluding hydrogens is 284 g/mol. The van der Waals surface area contributed by atoms with Crippen molar-refractivity contribution in [3.63, 3.8) is 0 Å². The minimum Gasteiger partial charge on any atom is -0.301 e. The molecular formula is C15H12N4OS. The molecule has 0 saturated heterocycles. The van der Waals surface area contributed by atoms with E-state index in [2.05, 4.69) is 15.0 Å². The van der Waals surface area contributed by atoms with Gasteiger partial charge < -0.3 is 4.90 Å². The van der Waals surface area contributed by atoms with Crippen LogP contribution in [0.3, 0.4) is 0 Å². The maximum Gasteiger partial charge on any atom is 0.260 e. The van der Waals surface area contributed by atoms with Crippen LogP contribution in [0, 0.1) is 0 Å². The van der Waals surface area contributed by atoms with Crippen LogP contribution < -0.4 is 4.90 Å². The molecule has 3 aromatic rings. The Morgan fingerprint density at radius 3 is 2.52 bits per heavy atom. The summed E-state index contributed by atoms with van der Waals surface area (Å²) in [4.78, 5) is 26.3. The summed E-state index contributed by atoms with van der Waals surface area (Å²) >= 11 is 1.45. The molecule has 0 saturated carbocycles. The van der Waals surface area contributed by atoms with Gasteiger partial charge in [0.15, 0.2) is 0 Å². The van der Waals surface area contributed by atoms with E-state index in [4.69, 9.17) is 0 Å². The lowest BCUT2D eigenvalue weighted by Gasteiger charge is -2.13. The largest absolute Gasteiger partial charge is 0.301 e. The van der Waals surface area contributed by atoms with Crippen LogP contribution in [0.2, 0.25) is 0 Å². The maximum atomic E-state index is 12.3. The summed E-state index contributed by atoms with van der Waals surface area (Å²) in [7, 11) is 1.73. The Morgan fingerprint density at radius 2 is 1.86 bits per heavy atom. The zero-order valence-corrected chi connectivity index (χ0v) is 12.1. The zero-order chi connectivity index (χ0) is 14.7. The molecule has 0 aliphatic rings. The first-order chi connectivity index (χ1) is 10.3. The molecule has 0 spiro atoms. The molecule has 104 valence electrons. The minimum absolute atomic E-state index is 0.107. The van der Waals surface area contributed by atoms with Crippen molar-refractivity contribution in [2.24, 2.45) is 0 Å². The van der Waals surface area contributed by atoms with Gasteiger partial charge in [-0.25, -0.2) is 4.98 Å². The Morgan fingerprint density at radius 1 is 1.10 bits per heavy atom. The lowest BCUT2D eigenvalue weighted by atomic mass is 10.2. The minimum atomic E-state index is -0.107. The van der Waals surface area contributed by atoms with Gasteiger partial charge in [-0.3, -0.25) is 14.8 Å². The summed E-state index contributed by atoms with van der Waals surface area (Å²) in [5.41, 5.74) is 1.49. The number of aromatic nitrogens is 3. The van der Waals surface area contributed by atoms with E-state index in [-0.39, 0.29) is 5.91 Å². The number of nitrogens with zero attached hydrogens (tertiary/aromatic N) is 4. The second-order valence-electron chi connectivity index (χ2n) is 4.35. The summed E-state index contributed by atoms with van der Waals surface area (Å²) in [5.74, 6) is -0.107. The molecule has 3 heterocycles. The van der Waals surface area contributed by atoms with Gasteiger partial charge in [0.25, 0.3) is 5.91 Å². The third kappa shape index (κ3) is 2.80. The summed E-state index contributed by atoms with van der Waals surface area (Å²) in [6, 6.07) is 7.29. The molecule has 6 heteroatoms. The zero-order valence-electron chi connectivity index (χ0n) is 11.3. The number of anilines is 1. The normalized spacial score (nSPS) is 10.3. The molecule has 0 bridgehead atoms. The molecule has 0 fully saturated rings. The van der Waals surface area contributed by atoms with Gasteiger partial charge in [-0.15, -0.1) is 0 Å². The molecule has 0 aromatic carbocycles. The SMILES string of the molecule is CN(C(=O)c1cccnc1)c1cnc(-c2cccnc2)s1. The molecule has 0 aliphatic carbocycles. The fourth-order valence-electron chi connectivity index (χ4n) is 1.83. The van der Waals surface area contributed by atoms with Crippen LogP contribution in [-0.2, 0) is 0 Å². The first kappa shape index (κ1) is 13.4. The van der Waals surface area contributed by atoms with Gasteiger partial charge in [0.05, 0.1) is 11.8 Å². The first-order valence-corrected chi connectivity index (χ1v) is 7.11. The van der Waals surface area contributed by atoms with Crippen molar-refractivity contribution in [3.05, 3.63) is 60.8 Å². The van der Waals surface area contributed by atoms with E-state index in [9.17, 15) is 4.79 Å². The Kier molecular flexibility index (Phi) is 3.70. The first-order valence-electron chi connectivity index (χ1n) is 6.30. The summed E-state index contributed by atoms with van der Waals surface area (Å²) in [6.07, 6.45) is 8.37. The Labute approximate surface area is 125 Å². The molecule has 0 aliphatic heterocycles. The van der Waals surface area contributed by atoms with Crippen molar-refractivity contribution in [3.8, 4) is 10.6 Å². The number of pyridine rings is 2. The molecule has 0 radical (unpaired) electrons. The average Bonchev–Trinajstić information content (AvgIpc) is 3.05. The third-order valence-corrected chi connectivity index (χ3v) is 4.07. The maximum absolute atomic E-state index is 12.3. The highest BCUT2D eigenvalue weighted by Gasteiger charge is 2.16. The van der Waals surface area contributed by atoms with Crippen LogP contribution >= 0.6 is 11.3 Å². The molecule has 0 N–H and O–H groups in total. The predicted octanol–water partition coefficient (Wildman–Crippen LogP) is 2.88. The lowest BCUT2D eigenvalue weighted by molar-refractivity contribution is 0.0993. The number of thiazole rings is 1. The standard InChI is InChI=1S/C15H12N4OS/c1-19(15(20)12-5-3-7-17-9-12)13-10-18-14(21-13)11-4-2-6-16-8-11/h2-10H,1H3. The van der Waals surface area contributed by atoms with E-state index < -0.39 is 0 Å². The Balaban J connectivity index is 1.85. The summed E-state index contributed by atoms with van der Waals surface area (Å²) < 4.78 is 0. The van der Waals surface area contributed by atoms with Gasteiger partial charge >= 0.3 is 0 Å². The predicted molar refractivity (Wildman–Crippen MR) is 82.3 cm³/mol. The van der Waals surface area contributed by atoms with Crippen LogP contribution in [0.5, 0.6) is 0 Å². The van der Waals surface area contributed by atoms with E-state index in [1.807, 2.05) is 12.1 Å². The highest BCUT2D eigenvalue weighted by Crippen LogP contribution is 2.30. The second-order valence-corrected chi connectivity index (χ2v) is 5.36. The second kappa shape index (κ2) is 5.80. The average molecular weight is 296 g/mol. The smallest absolute Gasteiger partial charge is 0.260 e. The number of hydrogen-bond acceptors (Lipinski definition) is 5. The van der Waals surface area contributed by atoms with E-state index in [1.165, 1.54) is 11.3 Å². The highest BCUT2D eigenvalue weighted by atomic mass is 32.1.